The van der Waals surface area contributed by atoms with Crippen LogP contribution >= 0.6 is 0 Å². The maximum absolute atomic E-state index is 12.5. The van der Waals surface area contributed by atoms with Gasteiger partial charge in [0.05, 0.1) is 4.90 Å². The van der Waals surface area contributed by atoms with Crippen LogP contribution in [0.25, 0.3) is 10.9 Å². The molecule has 1 aromatic heterocycles. The zero-order chi connectivity index (χ0) is 20.3. The molecule has 0 fully saturated rings. The molecule has 3 aromatic rings. The molecule has 146 valence electrons. The Morgan fingerprint density at radius 3 is 2.64 bits per heavy atom. The number of aromatic amines is 1. The maximum atomic E-state index is 12.5. The van der Waals surface area contributed by atoms with E-state index in [1.807, 2.05) is 32.0 Å². The Kier molecular flexibility index (Phi) is 5.62. The summed E-state index contributed by atoms with van der Waals surface area (Å²) in [6.07, 6.45) is 0.00745. The van der Waals surface area contributed by atoms with E-state index < -0.39 is 10.0 Å². The van der Waals surface area contributed by atoms with Crippen LogP contribution in [0.3, 0.4) is 0 Å². The molecule has 28 heavy (non-hydrogen) atoms. The van der Waals surface area contributed by atoms with Crippen LogP contribution in [0.2, 0.25) is 0 Å². The quantitative estimate of drug-likeness (QED) is 0.592. The minimum absolute atomic E-state index is 0.00745. The van der Waals surface area contributed by atoms with E-state index in [4.69, 9.17) is 0 Å². The van der Waals surface area contributed by atoms with Gasteiger partial charge in [-0.1, -0.05) is 12.1 Å². The first-order chi connectivity index (χ1) is 13.3. The van der Waals surface area contributed by atoms with Gasteiger partial charge in [-0.25, -0.2) is 13.1 Å². The van der Waals surface area contributed by atoms with E-state index in [1.54, 1.807) is 12.1 Å². The van der Waals surface area contributed by atoms with Crippen LogP contribution in [0.4, 0.5) is 5.69 Å². The van der Waals surface area contributed by atoms with Crippen molar-refractivity contribution in [1.29, 1.82) is 0 Å². The first-order valence-corrected chi connectivity index (χ1v) is 10.2. The highest BCUT2D eigenvalue weighted by Crippen LogP contribution is 2.18. The summed E-state index contributed by atoms with van der Waals surface area (Å²) in [6.45, 7) is 3.85. The SMILES string of the molecule is Cc1cccc(NC(=O)CCNS(=O)(=O)c2ccc3[nH]c(=O)ccc3c2)c1C. The molecule has 3 rings (SSSR count). The van der Waals surface area contributed by atoms with Crippen LogP contribution in [0.1, 0.15) is 17.5 Å². The lowest BCUT2D eigenvalue weighted by atomic mass is 10.1. The number of rotatable bonds is 6. The Labute approximate surface area is 162 Å². The van der Waals surface area contributed by atoms with Gasteiger partial charge in [0, 0.05) is 30.2 Å². The van der Waals surface area contributed by atoms with E-state index in [1.165, 1.54) is 18.2 Å². The van der Waals surface area contributed by atoms with Gasteiger partial charge in [-0.05, 0) is 60.7 Å². The Bertz CT molecular complexity index is 1200. The molecule has 1 amide bonds. The first-order valence-electron chi connectivity index (χ1n) is 8.75. The van der Waals surface area contributed by atoms with Gasteiger partial charge < -0.3 is 10.3 Å². The number of fused-ring (bicyclic) bond motifs is 1. The fourth-order valence-corrected chi connectivity index (χ4v) is 3.85. The van der Waals surface area contributed by atoms with Crippen LogP contribution in [-0.2, 0) is 14.8 Å². The molecule has 0 aliphatic carbocycles. The zero-order valence-corrected chi connectivity index (χ0v) is 16.4. The summed E-state index contributed by atoms with van der Waals surface area (Å²) in [6, 6.07) is 12.9. The predicted molar refractivity (Wildman–Crippen MR) is 109 cm³/mol. The molecule has 0 bridgehead atoms. The maximum Gasteiger partial charge on any atom is 0.248 e. The average molecular weight is 399 g/mol. The zero-order valence-electron chi connectivity index (χ0n) is 15.6. The van der Waals surface area contributed by atoms with Crippen molar-refractivity contribution in [2.24, 2.45) is 0 Å². The van der Waals surface area contributed by atoms with Gasteiger partial charge in [0.15, 0.2) is 0 Å². The number of hydrogen-bond acceptors (Lipinski definition) is 4. The Morgan fingerprint density at radius 2 is 1.86 bits per heavy atom. The van der Waals surface area contributed by atoms with Crippen molar-refractivity contribution >= 4 is 32.5 Å². The van der Waals surface area contributed by atoms with Gasteiger partial charge in [0.2, 0.25) is 21.5 Å². The highest BCUT2D eigenvalue weighted by atomic mass is 32.2. The molecular formula is C20H21N3O4S. The molecular weight excluding hydrogens is 378 g/mol. The number of carbonyl (C=O) groups is 1. The molecule has 0 spiro atoms. The number of nitrogens with one attached hydrogen (secondary N) is 3. The number of carbonyl (C=O) groups excluding carboxylic acids is 1. The molecule has 0 atom stereocenters. The largest absolute Gasteiger partial charge is 0.326 e. The van der Waals surface area contributed by atoms with Gasteiger partial charge >= 0.3 is 0 Å². The van der Waals surface area contributed by atoms with Crippen molar-refractivity contribution in [2.75, 3.05) is 11.9 Å². The number of anilines is 1. The van der Waals surface area contributed by atoms with E-state index in [9.17, 15) is 18.0 Å². The van der Waals surface area contributed by atoms with Gasteiger partial charge in [-0.2, -0.15) is 0 Å². The van der Waals surface area contributed by atoms with Crippen molar-refractivity contribution in [2.45, 2.75) is 25.2 Å². The number of aromatic nitrogens is 1. The van der Waals surface area contributed by atoms with E-state index in [0.717, 1.165) is 16.8 Å². The second-order valence-electron chi connectivity index (χ2n) is 6.52. The van der Waals surface area contributed by atoms with E-state index in [-0.39, 0.29) is 29.3 Å². The lowest BCUT2D eigenvalue weighted by molar-refractivity contribution is -0.116. The molecule has 2 aromatic carbocycles. The molecule has 7 nitrogen and oxygen atoms in total. The van der Waals surface area contributed by atoms with E-state index >= 15 is 0 Å². The molecule has 1 heterocycles. The van der Waals surface area contributed by atoms with Crippen LogP contribution in [0, 0.1) is 13.8 Å². The summed E-state index contributed by atoms with van der Waals surface area (Å²) < 4.78 is 27.4. The highest BCUT2D eigenvalue weighted by Gasteiger charge is 2.15. The number of pyridine rings is 1. The molecule has 8 heteroatoms. The third-order valence-corrected chi connectivity index (χ3v) is 5.99. The molecule has 0 saturated carbocycles. The van der Waals surface area contributed by atoms with Crippen molar-refractivity contribution in [1.82, 2.24) is 9.71 Å². The topological polar surface area (TPSA) is 108 Å². The Morgan fingerprint density at radius 1 is 1.07 bits per heavy atom. The van der Waals surface area contributed by atoms with Gasteiger partial charge in [-0.15, -0.1) is 0 Å². The second kappa shape index (κ2) is 7.95. The van der Waals surface area contributed by atoms with E-state index in [2.05, 4.69) is 15.0 Å². The summed E-state index contributed by atoms with van der Waals surface area (Å²) in [4.78, 5) is 26.1. The third-order valence-electron chi connectivity index (χ3n) is 4.53. The molecule has 0 saturated heterocycles. The smallest absolute Gasteiger partial charge is 0.248 e. The summed E-state index contributed by atoms with van der Waals surface area (Å²) in [5.41, 5.74) is 3.06. The van der Waals surface area contributed by atoms with Crippen LogP contribution < -0.4 is 15.6 Å². The number of sulfonamides is 1. The fraction of sp³-hybridized carbons (Fsp3) is 0.200. The summed E-state index contributed by atoms with van der Waals surface area (Å²) in [5, 5.41) is 3.41. The van der Waals surface area contributed by atoms with Crippen molar-refractivity contribution < 1.29 is 13.2 Å². The van der Waals surface area contributed by atoms with Crippen LogP contribution in [-0.4, -0.2) is 25.9 Å². The predicted octanol–water partition coefficient (Wildman–Crippen LogP) is 2.45. The third kappa shape index (κ3) is 4.47. The van der Waals surface area contributed by atoms with Crippen molar-refractivity contribution in [3.05, 3.63) is 70.0 Å². The number of aryl methyl sites for hydroxylation is 1. The van der Waals surface area contributed by atoms with Gasteiger partial charge in [0.25, 0.3) is 0 Å². The summed E-state index contributed by atoms with van der Waals surface area (Å²) in [7, 11) is -3.77. The monoisotopic (exact) mass is 399 g/mol. The second-order valence-corrected chi connectivity index (χ2v) is 8.28. The van der Waals surface area contributed by atoms with Gasteiger partial charge in [0.1, 0.15) is 0 Å². The minimum atomic E-state index is -3.77. The summed E-state index contributed by atoms with van der Waals surface area (Å²) >= 11 is 0. The Hall–Kier alpha value is -2.97. The standard InChI is InChI=1S/C20H21N3O4S/c1-13-4-3-5-17(14(13)2)22-20(25)10-11-21-28(26,27)16-7-8-18-15(12-16)6-9-19(24)23-18/h3-9,12,21H,10-11H2,1-2H3,(H,22,25)(H,23,24). The summed E-state index contributed by atoms with van der Waals surface area (Å²) in [5.74, 6) is -0.271. The van der Waals surface area contributed by atoms with Crippen molar-refractivity contribution in [3.63, 3.8) is 0 Å². The van der Waals surface area contributed by atoms with Crippen LogP contribution in [0.15, 0.2) is 58.2 Å². The molecule has 0 aliphatic heterocycles. The number of hydrogen-bond donors (Lipinski definition) is 3. The normalized spacial score (nSPS) is 11.5. The number of benzene rings is 2. The molecule has 0 aliphatic rings. The number of H-pyrrole nitrogens is 1. The van der Waals surface area contributed by atoms with Crippen molar-refractivity contribution in [3.8, 4) is 0 Å². The van der Waals surface area contributed by atoms with E-state index in [0.29, 0.717) is 10.9 Å². The Balaban J connectivity index is 1.63. The number of amides is 1. The highest BCUT2D eigenvalue weighted by molar-refractivity contribution is 7.89. The first kappa shape index (κ1) is 19.8. The lowest BCUT2D eigenvalue weighted by Gasteiger charge is -2.11. The lowest BCUT2D eigenvalue weighted by Crippen LogP contribution is -2.28. The average Bonchev–Trinajstić information content (AvgIpc) is 2.65. The van der Waals surface area contributed by atoms with Crippen LogP contribution in [0.5, 0.6) is 0 Å². The molecule has 0 unspecified atom stereocenters. The van der Waals surface area contributed by atoms with Gasteiger partial charge in [-0.3, -0.25) is 9.59 Å². The fourth-order valence-electron chi connectivity index (χ4n) is 2.78. The molecule has 0 radical (unpaired) electrons. The minimum Gasteiger partial charge on any atom is -0.326 e. The molecule has 3 N–H and O–H groups in total.